The van der Waals surface area contributed by atoms with Gasteiger partial charge in [-0.3, -0.25) is 0 Å². The molecular formula is C20H12ClFO3. The van der Waals surface area contributed by atoms with Gasteiger partial charge in [0.15, 0.2) is 0 Å². The first kappa shape index (κ1) is 15.7. The zero-order chi connectivity index (χ0) is 17.4. The van der Waals surface area contributed by atoms with Gasteiger partial charge in [-0.1, -0.05) is 35.9 Å². The minimum Gasteiger partial charge on any atom is -0.489 e. The topological polar surface area (TPSA) is 39.4 Å². The second-order valence-electron chi connectivity index (χ2n) is 5.58. The summed E-state index contributed by atoms with van der Waals surface area (Å²) in [5, 5.41) is 2.46. The third kappa shape index (κ3) is 2.85. The molecule has 0 saturated heterocycles. The van der Waals surface area contributed by atoms with Gasteiger partial charge in [0.25, 0.3) is 0 Å². The fourth-order valence-corrected chi connectivity index (χ4v) is 2.99. The maximum Gasteiger partial charge on any atom is 0.344 e. The molecule has 25 heavy (non-hydrogen) atoms. The summed E-state index contributed by atoms with van der Waals surface area (Å²) in [5.41, 5.74) is 0.294. The van der Waals surface area contributed by atoms with Gasteiger partial charge in [-0.2, -0.15) is 0 Å². The molecule has 0 fully saturated rings. The second-order valence-corrected chi connectivity index (χ2v) is 5.99. The van der Waals surface area contributed by atoms with Crippen molar-refractivity contribution in [2.45, 2.75) is 6.61 Å². The summed E-state index contributed by atoms with van der Waals surface area (Å²) in [7, 11) is 0. The summed E-state index contributed by atoms with van der Waals surface area (Å²) < 4.78 is 24.8. The molecule has 0 saturated carbocycles. The standard InChI is InChI=1S/C20H12ClFO3/c21-17-6-3-7-18(22)16(17)11-24-12-8-9-14-13-4-1-2-5-15(13)20(23)25-19(14)10-12/h1-10H,11H2. The van der Waals surface area contributed by atoms with Gasteiger partial charge in [-0.05, 0) is 35.7 Å². The van der Waals surface area contributed by atoms with E-state index in [1.54, 1.807) is 30.3 Å². The highest BCUT2D eigenvalue weighted by Crippen LogP contribution is 2.27. The molecule has 0 atom stereocenters. The molecule has 5 heteroatoms. The van der Waals surface area contributed by atoms with E-state index in [0.717, 1.165) is 10.8 Å². The highest BCUT2D eigenvalue weighted by molar-refractivity contribution is 6.31. The summed E-state index contributed by atoms with van der Waals surface area (Å²) in [5.74, 6) is 0.0380. The number of benzene rings is 3. The van der Waals surface area contributed by atoms with Crippen molar-refractivity contribution in [3.63, 3.8) is 0 Å². The largest absolute Gasteiger partial charge is 0.489 e. The fourth-order valence-electron chi connectivity index (χ4n) is 2.78. The summed E-state index contributed by atoms with van der Waals surface area (Å²) in [6.07, 6.45) is 0. The molecular weight excluding hydrogens is 343 g/mol. The predicted octanol–water partition coefficient (Wildman–Crippen LogP) is 5.32. The average Bonchev–Trinajstić information content (AvgIpc) is 2.61. The molecule has 4 rings (SSSR count). The number of halogens is 2. The van der Waals surface area contributed by atoms with Gasteiger partial charge < -0.3 is 9.15 Å². The van der Waals surface area contributed by atoms with Crippen molar-refractivity contribution in [1.82, 2.24) is 0 Å². The Balaban J connectivity index is 1.72. The smallest absolute Gasteiger partial charge is 0.344 e. The number of hydrogen-bond donors (Lipinski definition) is 0. The number of rotatable bonds is 3. The van der Waals surface area contributed by atoms with Crippen molar-refractivity contribution < 1.29 is 13.5 Å². The molecule has 0 spiro atoms. The molecule has 0 amide bonds. The Kier molecular flexibility index (Phi) is 3.90. The molecule has 0 aliphatic heterocycles. The lowest BCUT2D eigenvalue weighted by molar-refractivity contribution is 0.300. The van der Waals surface area contributed by atoms with E-state index < -0.39 is 11.4 Å². The first-order valence-electron chi connectivity index (χ1n) is 7.65. The molecule has 0 unspecified atom stereocenters. The van der Waals surface area contributed by atoms with E-state index >= 15 is 0 Å². The summed E-state index contributed by atoms with van der Waals surface area (Å²) in [6, 6.07) is 16.9. The lowest BCUT2D eigenvalue weighted by Crippen LogP contribution is -2.01. The molecule has 0 N–H and O–H groups in total. The molecule has 0 aliphatic rings. The Bertz CT molecular complexity index is 1130. The van der Waals surface area contributed by atoms with Crippen LogP contribution in [-0.4, -0.2) is 0 Å². The Morgan fingerprint density at radius 2 is 1.76 bits per heavy atom. The van der Waals surface area contributed by atoms with E-state index in [9.17, 15) is 9.18 Å². The van der Waals surface area contributed by atoms with Crippen LogP contribution in [0.4, 0.5) is 4.39 Å². The van der Waals surface area contributed by atoms with E-state index in [2.05, 4.69) is 0 Å². The van der Waals surface area contributed by atoms with E-state index in [1.165, 1.54) is 12.1 Å². The van der Waals surface area contributed by atoms with Crippen LogP contribution in [-0.2, 0) is 6.61 Å². The van der Waals surface area contributed by atoms with Crippen LogP contribution in [0.2, 0.25) is 5.02 Å². The van der Waals surface area contributed by atoms with Crippen molar-refractivity contribution in [2.75, 3.05) is 0 Å². The summed E-state index contributed by atoms with van der Waals surface area (Å²) in [4.78, 5) is 12.1. The summed E-state index contributed by atoms with van der Waals surface area (Å²) in [6.45, 7) is -0.0190. The zero-order valence-electron chi connectivity index (χ0n) is 13.0. The SMILES string of the molecule is O=c1oc2cc(OCc3c(F)cccc3Cl)ccc2c2ccccc12. The van der Waals surface area contributed by atoms with Crippen LogP contribution >= 0.6 is 11.6 Å². The lowest BCUT2D eigenvalue weighted by Gasteiger charge is -2.10. The van der Waals surface area contributed by atoms with Crippen molar-refractivity contribution in [3.8, 4) is 5.75 Å². The van der Waals surface area contributed by atoms with Crippen molar-refractivity contribution in [1.29, 1.82) is 0 Å². The maximum absolute atomic E-state index is 13.8. The van der Waals surface area contributed by atoms with Crippen LogP contribution in [0.1, 0.15) is 5.56 Å². The van der Waals surface area contributed by atoms with Crippen LogP contribution in [0.15, 0.2) is 69.9 Å². The first-order valence-corrected chi connectivity index (χ1v) is 8.02. The Labute approximate surface area is 147 Å². The number of ether oxygens (including phenoxy) is 1. The predicted molar refractivity (Wildman–Crippen MR) is 95.7 cm³/mol. The molecule has 1 heterocycles. The van der Waals surface area contributed by atoms with E-state index in [-0.39, 0.29) is 12.2 Å². The fraction of sp³-hybridized carbons (Fsp3) is 0.0500. The first-order chi connectivity index (χ1) is 12.1. The van der Waals surface area contributed by atoms with E-state index in [0.29, 0.717) is 21.7 Å². The molecule has 124 valence electrons. The van der Waals surface area contributed by atoms with E-state index in [4.69, 9.17) is 20.8 Å². The molecule has 4 aromatic rings. The third-order valence-corrected chi connectivity index (χ3v) is 4.39. The van der Waals surface area contributed by atoms with Gasteiger partial charge in [-0.25, -0.2) is 9.18 Å². The third-order valence-electron chi connectivity index (χ3n) is 4.04. The van der Waals surface area contributed by atoms with Crippen molar-refractivity contribution >= 4 is 33.3 Å². The maximum atomic E-state index is 13.8. The normalized spacial score (nSPS) is 11.1. The minimum absolute atomic E-state index is 0.0190. The van der Waals surface area contributed by atoms with Gasteiger partial charge in [0, 0.05) is 17.0 Å². The Morgan fingerprint density at radius 3 is 2.56 bits per heavy atom. The van der Waals surface area contributed by atoms with Crippen molar-refractivity contribution in [3.05, 3.63) is 87.5 Å². The van der Waals surface area contributed by atoms with Gasteiger partial charge in [0.05, 0.1) is 10.4 Å². The average molecular weight is 355 g/mol. The van der Waals surface area contributed by atoms with Gasteiger partial charge in [0.1, 0.15) is 23.8 Å². The van der Waals surface area contributed by atoms with Crippen LogP contribution in [0, 0.1) is 5.82 Å². The Hall–Kier alpha value is -2.85. The molecule has 0 radical (unpaired) electrons. The Morgan fingerprint density at radius 1 is 0.960 bits per heavy atom. The summed E-state index contributed by atoms with van der Waals surface area (Å²) >= 11 is 6.00. The number of hydrogen-bond acceptors (Lipinski definition) is 3. The monoisotopic (exact) mass is 354 g/mol. The van der Waals surface area contributed by atoms with E-state index in [1.807, 2.05) is 18.2 Å². The molecule has 0 aliphatic carbocycles. The molecule has 0 bridgehead atoms. The second kappa shape index (κ2) is 6.22. The highest BCUT2D eigenvalue weighted by atomic mass is 35.5. The van der Waals surface area contributed by atoms with Crippen LogP contribution < -0.4 is 10.4 Å². The molecule has 1 aromatic heterocycles. The highest BCUT2D eigenvalue weighted by Gasteiger charge is 2.10. The lowest BCUT2D eigenvalue weighted by atomic mass is 10.1. The quantitative estimate of drug-likeness (QED) is 0.369. The number of fused-ring (bicyclic) bond motifs is 3. The zero-order valence-corrected chi connectivity index (χ0v) is 13.7. The van der Waals surface area contributed by atoms with Crippen LogP contribution in [0.3, 0.4) is 0 Å². The molecule has 3 nitrogen and oxygen atoms in total. The van der Waals surface area contributed by atoms with Gasteiger partial charge >= 0.3 is 5.63 Å². The minimum atomic E-state index is -0.425. The molecule has 3 aromatic carbocycles. The van der Waals surface area contributed by atoms with Crippen molar-refractivity contribution in [2.24, 2.45) is 0 Å². The van der Waals surface area contributed by atoms with Gasteiger partial charge in [-0.15, -0.1) is 0 Å². The van der Waals surface area contributed by atoms with Crippen LogP contribution in [0.5, 0.6) is 5.75 Å². The van der Waals surface area contributed by atoms with Gasteiger partial charge in [0.2, 0.25) is 0 Å². The van der Waals surface area contributed by atoms with Crippen LogP contribution in [0.25, 0.3) is 21.7 Å².